The number of anilines is 1. The summed E-state index contributed by atoms with van der Waals surface area (Å²) in [6.07, 6.45) is 1.16. The van der Waals surface area contributed by atoms with Gasteiger partial charge in [0, 0.05) is 5.56 Å². The molecule has 3 nitrogen and oxygen atoms in total. The summed E-state index contributed by atoms with van der Waals surface area (Å²) in [5.41, 5.74) is 2.02. The van der Waals surface area contributed by atoms with Crippen LogP contribution in [0.15, 0.2) is 71.8 Å². The Kier molecular flexibility index (Phi) is 6.02. The first-order valence-electron chi connectivity index (χ1n) is 9.46. The minimum absolute atomic E-state index is 0.247. The van der Waals surface area contributed by atoms with Gasteiger partial charge in [-0.3, -0.25) is 5.43 Å². The molecule has 0 saturated heterocycles. The maximum absolute atomic E-state index is 13.8. The molecule has 32 heavy (non-hydrogen) atoms. The van der Waals surface area contributed by atoms with Crippen LogP contribution in [0.2, 0.25) is 0 Å². The SMILES string of the molecule is Fc1c(F)c(F)c(NN=Cc2ccccc2OCc2cccc3ccccc23)c(F)c1F. The Morgan fingerprint density at radius 1 is 0.719 bits per heavy atom. The number of para-hydroxylation sites is 1. The molecule has 8 heteroatoms. The van der Waals surface area contributed by atoms with E-state index in [0.29, 0.717) is 11.3 Å². The molecule has 0 saturated carbocycles. The van der Waals surface area contributed by atoms with E-state index in [2.05, 4.69) is 5.10 Å². The molecule has 4 rings (SSSR count). The van der Waals surface area contributed by atoms with E-state index in [0.717, 1.165) is 22.6 Å². The van der Waals surface area contributed by atoms with Gasteiger partial charge in [-0.2, -0.15) is 5.10 Å². The lowest BCUT2D eigenvalue weighted by Gasteiger charge is -2.11. The predicted molar refractivity (Wildman–Crippen MR) is 112 cm³/mol. The second kappa shape index (κ2) is 9.05. The Labute approximate surface area is 179 Å². The molecular formula is C24H15F5N2O. The van der Waals surface area contributed by atoms with E-state index in [-0.39, 0.29) is 6.61 Å². The molecule has 0 bridgehead atoms. The van der Waals surface area contributed by atoms with Crippen molar-refractivity contribution in [2.24, 2.45) is 5.10 Å². The lowest BCUT2D eigenvalue weighted by Crippen LogP contribution is -2.06. The number of nitrogens with zero attached hydrogens (tertiary/aromatic N) is 1. The van der Waals surface area contributed by atoms with Gasteiger partial charge >= 0.3 is 0 Å². The Morgan fingerprint density at radius 3 is 2.12 bits per heavy atom. The minimum atomic E-state index is -2.23. The summed E-state index contributed by atoms with van der Waals surface area (Å²) in [6, 6.07) is 20.4. The number of fused-ring (bicyclic) bond motifs is 1. The second-order valence-electron chi connectivity index (χ2n) is 6.78. The third-order valence-electron chi connectivity index (χ3n) is 4.77. The Bertz CT molecular complexity index is 1290. The minimum Gasteiger partial charge on any atom is -0.488 e. The van der Waals surface area contributed by atoms with E-state index in [1.54, 1.807) is 24.3 Å². The summed E-state index contributed by atoms with van der Waals surface area (Å²) < 4.78 is 73.2. The van der Waals surface area contributed by atoms with E-state index in [1.807, 2.05) is 47.9 Å². The van der Waals surface area contributed by atoms with Gasteiger partial charge in [0.15, 0.2) is 23.3 Å². The molecule has 0 unspecified atom stereocenters. The van der Waals surface area contributed by atoms with Crippen LogP contribution in [-0.4, -0.2) is 6.21 Å². The van der Waals surface area contributed by atoms with Crippen LogP contribution in [0.1, 0.15) is 11.1 Å². The molecule has 0 spiro atoms. The highest BCUT2D eigenvalue weighted by atomic mass is 19.2. The van der Waals surface area contributed by atoms with Crippen molar-refractivity contribution in [3.63, 3.8) is 0 Å². The zero-order valence-corrected chi connectivity index (χ0v) is 16.4. The van der Waals surface area contributed by atoms with E-state index < -0.39 is 34.8 Å². The molecule has 0 fully saturated rings. The van der Waals surface area contributed by atoms with E-state index in [1.165, 1.54) is 0 Å². The van der Waals surface area contributed by atoms with Crippen LogP contribution >= 0.6 is 0 Å². The highest BCUT2D eigenvalue weighted by Crippen LogP contribution is 2.27. The average Bonchev–Trinajstić information content (AvgIpc) is 2.83. The van der Waals surface area contributed by atoms with Crippen molar-refractivity contribution in [2.75, 3.05) is 5.43 Å². The highest BCUT2D eigenvalue weighted by molar-refractivity contribution is 5.86. The highest BCUT2D eigenvalue weighted by Gasteiger charge is 2.25. The topological polar surface area (TPSA) is 33.6 Å². The second-order valence-corrected chi connectivity index (χ2v) is 6.78. The third kappa shape index (κ3) is 4.12. The quantitative estimate of drug-likeness (QED) is 0.121. The van der Waals surface area contributed by atoms with Gasteiger partial charge in [0.25, 0.3) is 0 Å². The molecule has 162 valence electrons. The van der Waals surface area contributed by atoms with Crippen LogP contribution in [0.5, 0.6) is 5.75 Å². The normalized spacial score (nSPS) is 11.3. The van der Waals surface area contributed by atoms with E-state index in [4.69, 9.17) is 4.74 Å². The molecule has 4 aromatic carbocycles. The number of hydrogen-bond acceptors (Lipinski definition) is 3. The van der Waals surface area contributed by atoms with Crippen LogP contribution in [0.25, 0.3) is 10.8 Å². The fourth-order valence-corrected chi connectivity index (χ4v) is 3.16. The average molecular weight is 442 g/mol. The molecule has 4 aromatic rings. The van der Waals surface area contributed by atoms with E-state index >= 15 is 0 Å². The van der Waals surface area contributed by atoms with Crippen molar-refractivity contribution in [3.05, 3.63) is 107 Å². The molecule has 0 aliphatic heterocycles. The summed E-state index contributed by atoms with van der Waals surface area (Å²) in [7, 11) is 0. The van der Waals surface area contributed by atoms with Crippen molar-refractivity contribution < 1.29 is 26.7 Å². The van der Waals surface area contributed by atoms with Gasteiger partial charge < -0.3 is 4.74 Å². The van der Waals surface area contributed by atoms with Crippen LogP contribution in [0.4, 0.5) is 27.6 Å². The van der Waals surface area contributed by atoms with Gasteiger partial charge in [-0.05, 0) is 28.5 Å². The number of hydrogen-bond donors (Lipinski definition) is 1. The summed E-state index contributed by atoms with van der Waals surface area (Å²) in [4.78, 5) is 0. The summed E-state index contributed by atoms with van der Waals surface area (Å²) in [5.74, 6) is -9.93. The number of ether oxygens (including phenoxy) is 1. The molecule has 1 N–H and O–H groups in total. The smallest absolute Gasteiger partial charge is 0.200 e. The van der Waals surface area contributed by atoms with Crippen LogP contribution in [-0.2, 0) is 6.61 Å². The van der Waals surface area contributed by atoms with Gasteiger partial charge in [-0.1, -0.05) is 54.6 Å². The first kappa shape index (κ1) is 21.3. The standard InChI is InChI=1S/C24H15F5N2O/c25-19-20(26)22(28)24(23(29)21(19)27)31-30-12-15-7-2-4-11-18(15)32-13-16-9-5-8-14-6-1-3-10-17(14)16/h1-12,31H,13H2. The van der Waals surface area contributed by atoms with Crippen molar-refractivity contribution in [1.82, 2.24) is 0 Å². The predicted octanol–water partition coefficient (Wildman–Crippen LogP) is 6.56. The van der Waals surface area contributed by atoms with Crippen LogP contribution in [0.3, 0.4) is 0 Å². The number of halogens is 5. The van der Waals surface area contributed by atoms with E-state index in [9.17, 15) is 22.0 Å². The number of nitrogens with one attached hydrogen (secondary N) is 1. The van der Waals surface area contributed by atoms with Crippen LogP contribution in [0, 0.1) is 29.1 Å². The van der Waals surface area contributed by atoms with Gasteiger partial charge in [0.2, 0.25) is 5.82 Å². The monoisotopic (exact) mass is 442 g/mol. The van der Waals surface area contributed by atoms with Gasteiger partial charge in [0.05, 0.1) is 6.21 Å². The lowest BCUT2D eigenvalue weighted by molar-refractivity contribution is 0.307. The molecule has 0 atom stereocenters. The number of rotatable bonds is 6. The summed E-state index contributed by atoms with van der Waals surface area (Å²) >= 11 is 0. The lowest BCUT2D eigenvalue weighted by atomic mass is 10.1. The van der Waals surface area contributed by atoms with Gasteiger partial charge in [-0.15, -0.1) is 0 Å². The maximum atomic E-state index is 13.8. The van der Waals surface area contributed by atoms with Crippen molar-refractivity contribution in [1.29, 1.82) is 0 Å². The molecule has 0 aromatic heterocycles. The van der Waals surface area contributed by atoms with Gasteiger partial charge in [0.1, 0.15) is 18.0 Å². The molecular weight excluding hydrogens is 427 g/mol. The number of benzene rings is 4. The zero-order valence-electron chi connectivity index (χ0n) is 16.4. The number of hydrazone groups is 1. The molecule has 0 radical (unpaired) electrons. The first-order chi connectivity index (χ1) is 15.5. The summed E-state index contributed by atoms with van der Waals surface area (Å²) in [6.45, 7) is 0.247. The largest absolute Gasteiger partial charge is 0.488 e. The Hall–Kier alpha value is -3.94. The molecule has 0 aliphatic rings. The Balaban J connectivity index is 1.54. The molecule has 0 heterocycles. The summed E-state index contributed by atoms with van der Waals surface area (Å²) in [5, 5.41) is 5.72. The Morgan fingerprint density at radius 2 is 1.34 bits per heavy atom. The van der Waals surface area contributed by atoms with Crippen LogP contribution < -0.4 is 10.2 Å². The fraction of sp³-hybridized carbons (Fsp3) is 0.0417. The maximum Gasteiger partial charge on any atom is 0.200 e. The fourth-order valence-electron chi connectivity index (χ4n) is 3.16. The zero-order chi connectivity index (χ0) is 22.7. The molecule has 0 amide bonds. The molecule has 0 aliphatic carbocycles. The van der Waals surface area contributed by atoms with Crippen molar-refractivity contribution >= 4 is 22.7 Å². The third-order valence-corrected chi connectivity index (χ3v) is 4.77. The van der Waals surface area contributed by atoms with Gasteiger partial charge in [-0.25, -0.2) is 22.0 Å². The van der Waals surface area contributed by atoms with Crippen molar-refractivity contribution in [3.8, 4) is 5.75 Å². The first-order valence-corrected chi connectivity index (χ1v) is 9.46. The van der Waals surface area contributed by atoms with Crippen molar-refractivity contribution in [2.45, 2.75) is 6.61 Å².